The summed E-state index contributed by atoms with van der Waals surface area (Å²) in [5.41, 5.74) is 0.727. The zero-order valence-electron chi connectivity index (χ0n) is 14.1. The molecule has 1 unspecified atom stereocenters. The number of ether oxygens (including phenoxy) is 3. The third-order valence-corrected chi connectivity index (χ3v) is 4.01. The second-order valence-electron chi connectivity index (χ2n) is 5.50. The maximum absolute atomic E-state index is 12.1. The van der Waals surface area contributed by atoms with E-state index in [2.05, 4.69) is 10.3 Å². The van der Waals surface area contributed by atoms with Crippen LogP contribution in [0.5, 0.6) is 11.5 Å². The summed E-state index contributed by atoms with van der Waals surface area (Å²) in [6.07, 6.45) is 3.06. The molecule has 1 aromatic heterocycles. The van der Waals surface area contributed by atoms with E-state index in [9.17, 15) is 9.59 Å². The molecule has 2 heterocycles. The Morgan fingerprint density at radius 2 is 2.04 bits per heavy atom. The Hall–Kier alpha value is -2.77. The van der Waals surface area contributed by atoms with Crippen molar-refractivity contribution in [1.82, 2.24) is 4.98 Å². The Balaban J connectivity index is 1.55. The number of esters is 1. The summed E-state index contributed by atoms with van der Waals surface area (Å²) in [7, 11) is 0. The first-order valence-electron chi connectivity index (χ1n) is 7.82. The van der Waals surface area contributed by atoms with Crippen LogP contribution in [0.4, 0.5) is 5.82 Å². The second-order valence-corrected chi connectivity index (χ2v) is 6.34. The summed E-state index contributed by atoms with van der Waals surface area (Å²) in [6, 6.07) is 6.68. The van der Waals surface area contributed by atoms with Crippen LogP contribution < -0.4 is 14.8 Å². The van der Waals surface area contributed by atoms with E-state index < -0.39 is 18.0 Å². The van der Waals surface area contributed by atoms with Gasteiger partial charge in [-0.1, -0.05) is 29.3 Å². The molecule has 0 bridgehead atoms. The van der Waals surface area contributed by atoms with E-state index in [1.807, 2.05) is 0 Å². The molecule has 1 amide bonds. The molecule has 0 saturated carbocycles. The van der Waals surface area contributed by atoms with Crippen molar-refractivity contribution in [1.29, 1.82) is 0 Å². The summed E-state index contributed by atoms with van der Waals surface area (Å²) < 4.78 is 15.6. The predicted octanol–water partition coefficient (Wildman–Crippen LogP) is 3.70. The molecule has 1 aliphatic heterocycles. The fourth-order valence-corrected chi connectivity index (χ4v) is 2.60. The SMILES string of the molecule is CC(OC(=O)C=Cc1ccc2c(c1)OCO2)C(=O)Nc1ncc(Cl)cc1Cl. The number of aromatic nitrogens is 1. The minimum atomic E-state index is -1.05. The van der Waals surface area contributed by atoms with Crippen LogP contribution in [0, 0.1) is 0 Å². The average molecular weight is 409 g/mol. The number of benzene rings is 1. The normalized spacial score (nSPS) is 13.4. The number of fused-ring (bicyclic) bond motifs is 1. The smallest absolute Gasteiger partial charge is 0.331 e. The molecule has 1 atom stereocenters. The highest BCUT2D eigenvalue weighted by Gasteiger charge is 2.18. The molecule has 1 aliphatic rings. The van der Waals surface area contributed by atoms with Gasteiger partial charge in [0.05, 0.1) is 10.0 Å². The van der Waals surface area contributed by atoms with Crippen molar-refractivity contribution in [2.75, 3.05) is 12.1 Å². The van der Waals surface area contributed by atoms with Crippen LogP contribution >= 0.6 is 23.2 Å². The molecule has 9 heteroatoms. The van der Waals surface area contributed by atoms with Gasteiger partial charge in [0.25, 0.3) is 5.91 Å². The van der Waals surface area contributed by atoms with Gasteiger partial charge >= 0.3 is 5.97 Å². The van der Waals surface area contributed by atoms with Gasteiger partial charge in [0.15, 0.2) is 23.4 Å². The number of rotatable bonds is 5. The number of nitrogens with one attached hydrogen (secondary N) is 1. The zero-order valence-corrected chi connectivity index (χ0v) is 15.6. The Morgan fingerprint density at radius 3 is 2.81 bits per heavy atom. The number of amides is 1. The van der Waals surface area contributed by atoms with Gasteiger partial charge in [0, 0.05) is 12.3 Å². The van der Waals surface area contributed by atoms with E-state index in [0.29, 0.717) is 16.5 Å². The first kappa shape index (κ1) is 19.0. The van der Waals surface area contributed by atoms with E-state index in [-0.39, 0.29) is 17.6 Å². The van der Waals surface area contributed by atoms with Gasteiger partial charge in [-0.2, -0.15) is 0 Å². The molecule has 140 valence electrons. The lowest BCUT2D eigenvalue weighted by molar-refractivity contribution is -0.148. The topological polar surface area (TPSA) is 86.8 Å². The average Bonchev–Trinajstić information content (AvgIpc) is 3.10. The van der Waals surface area contributed by atoms with Crippen molar-refractivity contribution in [2.45, 2.75) is 13.0 Å². The third-order valence-electron chi connectivity index (χ3n) is 3.52. The lowest BCUT2D eigenvalue weighted by atomic mass is 10.2. The number of halogens is 2. The molecular weight excluding hydrogens is 395 g/mol. The quantitative estimate of drug-likeness (QED) is 0.599. The van der Waals surface area contributed by atoms with Crippen LogP contribution in [0.3, 0.4) is 0 Å². The lowest BCUT2D eigenvalue weighted by Gasteiger charge is -2.12. The highest BCUT2D eigenvalue weighted by Crippen LogP contribution is 2.32. The van der Waals surface area contributed by atoms with Crippen molar-refractivity contribution in [3.63, 3.8) is 0 Å². The van der Waals surface area contributed by atoms with Crippen LogP contribution in [0.1, 0.15) is 12.5 Å². The highest BCUT2D eigenvalue weighted by molar-refractivity contribution is 6.36. The van der Waals surface area contributed by atoms with Crippen LogP contribution in [0.2, 0.25) is 10.0 Å². The van der Waals surface area contributed by atoms with Crippen LogP contribution in [0.25, 0.3) is 6.08 Å². The molecular formula is C18H14Cl2N2O5. The number of anilines is 1. The molecule has 27 heavy (non-hydrogen) atoms. The largest absolute Gasteiger partial charge is 0.454 e. The van der Waals surface area contributed by atoms with Crippen molar-refractivity contribution in [2.24, 2.45) is 0 Å². The molecule has 0 fully saturated rings. The summed E-state index contributed by atoms with van der Waals surface area (Å²) in [5.74, 6) is 0.131. The Morgan fingerprint density at radius 1 is 1.26 bits per heavy atom. The first-order valence-corrected chi connectivity index (χ1v) is 8.58. The van der Waals surface area contributed by atoms with Crippen molar-refractivity contribution in [3.05, 3.63) is 52.1 Å². The fourth-order valence-electron chi connectivity index (χ4n) is 2.17. The first-order chi connectivity index (χ1) is 12.9. The number of nitrogens with zero attached hydrogens (tertiary/aromatic N) is 1. The molecule has 1 N–H and O–H groups in total. The van der Waals surface area contributed by atoms with E-state index in [0.717, 1.165) is 5.56 Å². The summed E-state index contributed by atoms with van der Waals surface area (Å²) in [5, 5.41) is 2.99. The molecule has 0 spiro atoms. The predicted molar refractivity (Wildman–Crippen MR) is 100 cm³/mol. The Labute approximate surface area is 164 Å². The molecule has 2 aromatic rings. The number of hydrogen-bond acceptors (Lipinski definition) is 6. The number of pyridine rings is 1. The van der Waals surface area contributed by atoms with Crippen LogP contribution in [0.15, 0.2) is 36.5 Å². The standard InChI is InChI=1S/C18H14Cl2N2O5/c1-10(18(24)22-17-13(20)7-12(19)8-21-17)27-16(23)5-3-11-2-4-14-15(6-11)26-9-25-14/h2-8,10H,9H2,1H3,(H,21,22,24). The Bertz CT molecular complexity index is 917. The summed E-state index contributed by atoms with van der Waals surface area (Å²) >= 11 is 11.7. The fraction of sp³-hybridized carbons (Fsp3) is 0.167. The van der Waals surface area contributed by atoms with Crippen molar-refractivity contribution < 1.29 is 23.8 Å². The third kappa shape index (κ3) is 4.90. The number of carbonyl (C=O) groups excluding carboxylic acids is 2. The van der Waals surface area contributed by atoms with Gasteiger partial charge in [-0.25, -0.2) is 9.78 Å². The Kier molecular flexibility index (Phi) is 5.83. The van der Waals surface area contributed by atoms with Crippen molar-refractivity contribution >= 4 is 47.0 Å². The van der Waals surface area contributed by atoms with Crippen molar-refractivity contribution in [3.8, 4) is 11.5 Å². The molecule has 0 saturated heterocycles. The molecule has 3 rings (SSSR count). The van der Waals surface area contributed by atoms with Gasteiger partial charge in [-0.15, -0.1) is 0 Å². The molecule has 7 nitrogen and oxygen atoms in total. The second kappa shape index (κ2) is 8.28. The van der Waals surface area contributed by atoms with E-state index in [1.54, 1.807) is 24.3 Å². The van der Waals surface area contributed by atoms with Crippen LogP contribution in [-0.4, -0.2) is 29.8 Å². The number of carbonyl (C=O) groups is 2. The van der Waals surface area contributed by atoms with E-state index >= 15 is 0 Å². The molecule has 0 aliphatic carbocycles. The van der Waals surface area contributed by atoms with Gasteiger partial charge in [-0.05, 0) is 36.8 Å². The van der Waals surface area contributed by atoms with Gasteiger partial charge < -0.3 is 19.5 Å². The molecule has 0 radical (unpaired) electrons. The zero-order chi connectivity index (χ0) is 19.4. The van der Waals surface area contributed by atoms with Crippen LogP contribution in [-0.2, 0) is 14.3 Å². The molecule has 1 aromatic carbocycles. The monoisotopic (exact) mass is 408 g/mol. The van der Waals surface area contributed by atoms with E-state index in [1.165, 1.54) is 25.3 Å². The van der Waals surface area contributed by atoms with Gasteiger partial charge in [-0.3, -0.25) is 4.79 Å². The minimum absolute atomic E-state index is 0.130. The maximum Gasteiger partial charge on any atom is 0.331 e. The highest BCUT2D eigenvalue weighted by atomic mass is 35.5. The van der Waals surface area contributed by atoms with E-state index in [4.69, 9.17) is 37.4 Å². The van der Waals surface area contributed by atoms with Gasteiger partial charge in [0.1, 0.15) is 0 Å². The minimum Gasteiger partial charge on any atom is -0.454 e. The number of hydrogen-bond donors (Lipinski definition) is 1. The summed E-state index contributed by atoms with van der Waals surface area (Å²) in [4.78, 5) is 27.9. The van der Waals surface area contributed by atoms with Gasteiger partial charge in [0.2, 0.25) is 6.79 Å². The lowest BCUT2D eigenvalue weighted by Crippen LogP contribution is -2.29. The maximum atomic E-state index is 12.1. The summed E-state index contributed by atoms with van der Waals surface area (Å²) in [6.45, 7) is 1.61.